The van der Waals surface area contributed by atoms with Gasteiger partial charge in [0, 0.05) is 23.7 Å². The Morgan fingerprint density at radius 1 is 1.13 bits per heavy atom. The van der Waals surface area contributed by atoms with Crippen LogP contribution >= 0.6 is 11.8 Å². The first kappa shape index (κ1) is 21.0. The molecule has 2 atom stereocenters. The van der Waals surface area contributed by atoms with Gasteiger partial charge in [-0.15, -0.1) is 11.8 Å². The molecular weight excluding hydrogens is 394 g/mol. The predicted octanol–water partition coefficient (Wildman–Crippen LogP) is 5.86. The third-order valence-electron chi connectivity index (χ3n) is 6.51. The van der Waals surface area contributed by atoms with Gasteiger partial charge in [0.25, 0.3) is 0 Å². The molecular formula is C24H31N3O2S. The smallest absolute Gasteiger partial charge is 0.230 e. The lowest BCUT2D eigenvalue weighted by Gasteiger charge is -2.42. The zero-order valence-corrected chi connectivity index (χ0v) is 18.9. The van der Waals surface area contributed by atoms with Crippen LogP contribution in [0.3, 0.4) is 0 Å². The summed E-state index contributed by atoms with van der Waals surface area (Å²) in [6, 6.07) is 9.98. The number of likely N-dealkylation sites (tertiary alicyclic amines) is 1. The van der Waals surface area contributed by atoms with Gasteiger partial charge in [0.1, 0.15) is 5.75 Å². The molecule has 5 nitrogen and oxygen atoms in total. The van der Waals surface area contributed by atoms with Crippen LogP contribution in [0.5, 0.6) is 11.6 Å². The average Bonchev–Trinajstić information content (AvgIpc) is 2.76. The highest BCUT2D eigenvalue weighted by Crippen LogP contribution is 2.37. The number of fused-ring (bicyclic) bond motifs is 1. The number of ether oxygens (including phenoxy) is 1. The minimum Gasteiger partial charge on any atom is -0.438 e. The van der Waals surface area contributed by atoms with Crippen LogP contribution in [0.15, 0.2) is 40.4 Å². The molecule has 1 aromatic carbocycles. The summed E-state index contributed by atoms with van der Waals surface area (Å²) in [7, 11) is 0. The molecule has 6 heteroatoms. The van der Waals surface area contributed by atoms with Gasteiger partial charge >= 0.3 is 0 Å². The number of pyridine rings is 1. The van der Waals surface area contributed by atoms with Crippen LogP contribution in [-0.2, 0) is 0 Å². The molecule has 0 spiro atoms. The van der Waals surface area contributed by atoms with Crippen LogP contribution in [0, 0.1) is 25.7 Å². The van der Waals surface area contributed by atoms with Gasteiger partial charge < -0.3 is 14.8 Å². The van der Waals surface area contributed by atoms with Crippen LogP contribution in [0.25, 0.3) is 0 Å². The van der Waals surface area contributed by atoms with E-state index < -0.39 is 0 Å². The predicted molar refractivity (Wildman–Crippen MR) is 122 cm³/mol. The fourth-order valence-corrected chi connectivity index (χ4v) is 5.47. The number of oxime groups is 1. The molecule has 1 aliphatic carbocycles. The zero-order valence-electron chi connectivity index (χ0n) is 18.1. The van der Waals surface area contributed by atoms with Crippen molar-refractivity contribution in [2.24, 2.45) is 17.0 Å². The van der Waals surface area contributed by atoms with Gasteiger partial charge in [0.05, 0.1) is 5.56 Å². The summed E-state index contributed by atoms with van der Waals surface area (Å²) in [6.07, 6.45) is 8.52. The number of rotatable bonds is 4. The van der Waals surface area contributed by atoms with Crippen molar-refractivity contribution in [3.63, 3.8) is 0 Å². The summed E-state index contributed by atoms with van der Waals surface area (Å²) >= 11 is 1.72. The topological polar surface area (TPSA) is 58.0 Å². The van der Waals surface area contributed by atoms with Crippen molar-refractivity contribution < 1.29 is 9.94 Å². The summed E-state index contributed by atoms with van der Waals surface area (Å²) in [5, 5.41) is 13.7. The third-order valence-corrected chi connectivity index (χ3v) is 7.40. The van der Waals surface area contributed by atoms with E-state index in [2.05, 4.69) is 34.3 Å². The Labute approximate surface area is 183 Å². The van der Waals surface area contributed by atoms with Crippen molar-refractivity contribution in [3.05, 3.63) is 47.2 Å². The molecule has 1 N–H and O–H groups in total. The number of thioether (sulfide) groups is 1. The molecule has 30 heavy (non-hydrogen) atoms. The quantitative estimate of drug-likeness (QED) is 0.219. The Balaban J connectivity index is 1.61. The fourth-order valence-electron chi connectivity index (χ4n) is 4.89. The molecule has 160 valence electrons. The van der Waals surface area contributed by atoms with E-state index in [1.165, 1.54) is 36.1 Å². The Morgan fingerprint density at radius 3 is 2.67 bits per heavy atom. The van der Waals surface area contributed by atoms with E-state index in [4.69, 9.17) is 4.74 Å². The minimum atomic E-state index is 0.491. The molecule has 2 unspecified atom stereocenters. The lowest BCUT2D eigenvalue weighted by molar-refractivity contribution is 0.127. The highest BCUT2D eigenvalue weighted by atomic mass is 32.2. The molecule has 2 heterocycles. The summed E-state index contributed by atoms with van der Waals surface area (Å²) in [4.78, 5) is 8.09. The maximum atomic E-state index is 9.96. The van der Waals surface area contributed by atoms with Crippen molar-refractivity contribution in [3.8, 4) is 11.6 Å². The van der Waals surface area contributed by atoms with E-state index >= 15 is 0 Å². The van der Waals surface area contributed by atoms with Crippen LogP contribution in [0.2, 0.25) is 0 Å². The number of piperidine rings is 1. The van der Waals surface area contributed by atoms with Crippen LogP contribution in [0.1, 0.15) is 48.9 Å². The largest absolute Gasteiger partial charge is 0.438 e. The molecule has 1 saturated carbocycles. The molecule has 0 bridgehead atoms. The van der Waals surface area contributed by atoms with E-state index in [1.54, 1.807) is 11.8 Å². The van der Waals surface area contributed by atoms with Crippen molar-refractivity contribution in [1.82, 2.24) is 9.88 Å². The lowest BCUT2D eigenvalue weighted by atomic mass is 9.75. The SMILES string of the molecule is CSc1ccc(Oc2nc(C)ccc2/C(=N/O)N2CCC3CCCCC3C2)cc1C. The van der Waals surface area contributed by atoms with Crippen LogP contribution in [-0.4, -0.2) is 40.3 Å². The monoisotopic (exact) mass is 425 g/mol. The Morgan fingerprint density at radius 2 is 1.93 bits per heavy atom. The maximum Gasteiger partial charge on any atom is 0.230 e. The second-order valence-electron chi connectivity index (χ2n) is 8.50. The van der Waals surface area contributed by atoms with Gasteiger partial charge in [0.15, 0.2) is 5.84 Å². The molecule has 0 amide bonds. The van der Waals surface area contributed by atoms with Crippen LogP contribution in [0.4, 0.5) is 0 Å². The summed E-state index contributed by atoms with van der Waals surface area (Å²) in [5.41, 5.74) is 2.78. The summed E-state index contributed by atoms with van der Waals surface area (Å²) in [5.74, 6) is 3.31. The van der Waals surface area contributed by atoms with Gasteiger partial charge in [-0.25, -0.2) is 4.98 Å². The van der Waals surface area contributed by atoms with Gasteiger partial charge in [-0.1, -0.05) is 24.4 Å². The molecule has 1 aromatic heterocycles. The number of benzene rings is 1. The molecule has 4 rings (SSSR count). The standard InChI is InChI=1S/C24H31N3O2S/c1-16-14-20(9-11-22(16)30-3)29-24-21(10-8-17(2)25-24)23(26-28)27-13-12-18-6-4-5-7-19(18)15-27/h8-11,14,18-19,28H,4-7,12-13,15H2,1-3H3/b26-23-. The number of amidine groups is 1. The van der Waals surface area contributed by atoms with Crippen molar-refractivity contribution in [1.29, 1.82) is 0 Å². The zero-order chi connectivity index (χ0) is 21.1. The first-order valence-corrected chi connectivity index (χ1v) is 12.1. The van der Waals surface area contributed by atoms with E-state index in [9.17, 15) is 5.21 Å². The second kappa shape index (κ2) is 9.29. The number of nitrogens with zero attached hydrogens (tertiary/aromatic N) is 3. The first-order chi connectivity index (χ1) is 14.6. The third kappa shape index (κ3) is 4.43. The highest BCUT2D eigenvalue weighted by molar-refractivity contribution is 7.98. The van der Waals surface area contributed by atoms with E-state index in [0.29, 0.717) is 17.6 Å². The second-order valence-corrected chi connectivity index (χ2v) is 9.35. The van der Waals surface area contributed by atoms with Crippen molar-refractivity contribution in [2.45, 2.75) is 50.8 Å². The summed E-state index contributed by atoms with van der Waals surface area (Å²) in [6.45, 7) is 5.88. The van der Waals surface area contributed by atoms with E-state index in [-0.39, 0.29) is 0 Å². The highest BCUT2D eigenvalue weighted by Gasteiger charge is 2.33. The lowest BCUT2D eigenvalue weighted by Crippen LogP contribution is -2.45. The number of hydrogen-bond donors (Lipinski definition) is 1. The average molecular weight is 426 g/mol. The summed E-state index contributed by atoms with van der Waals surface area (Å²) < 4.78 is 6.21. The van der Waals surface area contributed by atoms with E-state index in [0.717, 1.165) is 42.4 Å². The van der Waals surface area contributed by atoms with Gasteiger partial charge in [-0.3, -0.25) is 0 Å². The van der Waals surface area contributed by atoms with Crippen molar-refractivity contribution in [2.75, 3.05) is 19.3 Å². The van der Waals surface area contributed by atoms with Crippen LogP contribution < -0.4 is 4.74 Å². The molecule has 1 saturated heterocycles. The molecule has 2 aliphatic rings. The van der Waals surface area contributed by atoms with Crippen molar-refractivity contribution >= 4 is 17.6 Å². The molecule has 2 aromatic rings. The minimum absolute atomic E-state index is 0.491. The molecule has 2 fully saturated rings. The Kier molecular flexibility index (Phi) is 6.52. The normalized spacial score (nSPS) is 22.0. The molecule has 1 aliphatic heterocycles. The van der Waals surface area contributed by atoms with Gasteiger partial charge in [-0.05, 0) is 80.7 Å². The molecule has 0 radical (unpaired) electrons. The van der Waals surface area contributed by atoms with Gasteiger partial charge in [0.2, 0.25) is 5.88 Å². The number of aryl methyl sites for hydroxylation is 2. The Hall–Kier alpha value is -2.21. The first-order valence-electron chi connectivity index (χ1n) is 10.9. The van der Waals surface area contributed by atoms with Gasteiger partial charge in [-0.2, -0.15) is 0 Å². The Bertz CT molecular complexity index is 931. The number of aromatic nitrogens is 1. The maximum absolute atomic E-state index is 9.96. The van der Waals surface area contributed by atoms with E-state index in [1.807, 2.05) is 31.2 Å². The number of hydrogen-bond acceptors (Lipinski definition) is 5. The fraction of sp³-hybridized carbons (Fsp3) is 0.500.